The van der Waals surface area contributed by atoms with Crippen LogP contribution in [0.15, 0.2) is 71.6 Å². The van der Waals surface area contributed by atoms with Gasteiger partial charge >= 0.3 is 0 Å². The van der Waals surface area contributed by atoms with Crippen LogP contribution < -0.4 is 14.8 Å². The van der Waals surface area contributed by atoms with E-state index in [1.807, 2.05) is 56.3 Å². The zero-order valence-electron chi connectivity index (χ0n) is 19.6. The number of nitrogens with one attached hydrogen (secondary N) is 2. The standard InChI is InChI=1S/C25H26N4O4S2/c1-4-16(2)22(29-35(31,32)21-11-7-9-17-8-5-6-10-20(17)21)23(30)26-25-28-27-24(34-25)18-12-14-19(33-3)15-13-18/h5-16,22,29H,4H2,1-3H3,(H,26,28,30)/t16-,22+/m0/s1. The molecular weight excluding hydrogens is 484 g/mol. The summed E-state index contributed by atoms with van der Waals surface area (Å²) in [6.07, 6.45) is 0.601. The molecule has 0 saturated carbocycles. The highest BCUT2D eigenvalue weighted by molar-refractivity contribution is 7.89. The number of benzene rings is 3. The first-order valence-corrected chi connectivity index (χ1v) is 13.4. The van der Waals surface area contributed by atoms with Crippen LogP contribution in [0.25, 0.3) is 21.3 Å². The summed E-state index contributed by atoms with van der Waals surface area (Å²) in [6.45, 7) is 3.74. The Morgan fingerprint density at radius 3 is 2.46 bits per heavy atom. The molecule has 1 aromatic heterocycles. The highest BCUT2D eigenvalue weighted by Crippen LogP contribution is 2.28. The highest BCUT2D eigenvalue weighted by atomic mass is 32.2. The minimum Gasteiger partial charge on any atom is -0.497 e. The number of fused-ring (bicyclic) bond motifs is 1. The van der Waals surface area contributed by atoms with E-state index in [0.717, 1.165) is 16.7 Å². The third-order valence-corrected chi connectivity index (χ3v) is 8.20. The van der Waals surface area contributed by atoms with Crippen LogP contribution in [0.1, 0.15) is 20.3 Å². The molecule has 4 aromatic rings. The number of carbonyl (C=O) groups is 1. The van der Waals surface area contributed by atoms with Crippen molar-refractivity contribution >= 4 is 43.2 Å². The summed E-state index contributed by atoms with van der Waals surface area (Å²) in [5, 5.41) is 13.3. The lowest BCUT2D eigenvalue weighted by atomic mass is 9.99. The van der Waals surface area contributed by atoms with Crippen molar-refractivity contribution in [3.05, 3.63) is 66.7 Å². The molecular formula is C25H26N4O4S2. The van der Waals surface area contributed by atoms with E-state index < -0.39 is 22.0 Å². The maximum absolute atomic E-state index is 13.3. The van der Waals surface area contributed by atoms with Gasteiger partial charge in [-0.25, -0.2) is 8.42 Å². The predicted octanol–water partition coefficient (Wildman–Crippen LogP) is 4.70. The minimum atomic E-state index is -3.98. The first kappa shape index (κ1) is 24.8. The molecule has 182 valence electrons. The number of sulfonamides is 1. The average Bonchev–Trinajstić information content (AvgIpc) is 3.34. The molecule has 3 aromatic carbocycles. The molecule has 0 bridgehead atoms. The molecule has 0 unspecified atom stereocenters. The highest BCUT2D eigenvalue weighted by Gasteiger charge is 2.31. The number of aromatic nitrogens is 2. The molecule has 10 heteroatoms. The molecule has 0 fully saturated rings. The Morgan fingerprint density at radius 1 is 1.03 bits per heavy atom. The van der Waals surface area contributed by atoms with Gasteiger partial charge in [0.05, 0.1) is 12.0 Å². The zero-order chi connectivity index (χ0) is 25.0. The van der Waals surface area contributed by atoms with Gasteiger partial charge in [0.15, 0.2) is 0 Å². The Kier molecular flexibility index (Phi) is 7.44. The van der Waals surface area contributed by atoms with Crippen LogP contribution in [0.4, 0.5) is 5.13 Å². The number of hydrogen-bond donors (Lipinski definition) is 2. The fourth-order valence-corrected chi connectivity index (χ4v) is 5.92. The van der Waals surface area contributed by atoms with E-state index in [1.165, 1.54) is 11.3 Å². The monoisotopic (exact) mass is 510 g/mol. The van der Waals surface area contributed by atoms with Crippen LogP contribution in [0.5, 0.6) is 5.75 Å². The first-order valence-electron chi connectivity index (χ1n) is 11.1. The number of nitrogens with zero attached hydrogens (tertiary/aromatic N) is 2. The van der Waals surface area contributed by atoms with Crippen LogP contribution in [-0.4, -0.2) is 37.7 Å². The quantitative estimate of drug-likeness (QED) is 0.338. The number of carbonyl (C=O) groups excluding carboxylic acids is 1. The summed E-state index contributed by atoms with van der Waals surface area (Å²) in [5.41, 5.74) is 0.832. The normalized spacial score (nSPS) is 13.3. The van der Waals surface area contributed by atoms with E-state index in [4.69, 9.17) is 4.74 Å². The fourth-order valence-electron chi connectivity index (χ4n) is 3.63. The maximum Gasteiger partial charge on any atom is 0.244 e. The van der Waals surface area contributed by atoms with Gasteiger partial charge in [-0.15, -0.1) is 10.2 Å². The van der Waals surface area contributed by atoms with Crippen LogP contribution in [-0.2, 0) is 14.8 Å². The molecule has 2 N–H and O–H groups in total. The number of amides is 1. The number of ether oxygens (including phenoxy) is 1. The van der Waals surface area contributed by atoms with Gasteiger partial charge in [0, 0.05) is 10.9 Å². The minimum absolute atomic E-state index is 0.134. The zero-order valence-corrected chi connectivity index (χ0v) is 21.2. The van der Waals surface area contributed by atoms with Crippen molar-refractivity contribution in [2.45, 2.75) is 31.2 Å². The van der Waals surface area contributed by atoms with Gasteiger partial charge < -0.3 is 4.74 Å². The van der Waals surface area contributed by atoms with Gasteiger partial charge in [-0.3, -0.25) is 10.1 Å². The van der Waals surface area contributed by atoms with Crippen molar-refractivity contribution in [1.82, 2.24) is 14.9 Å². The lowest BCUT2D eigenvalue weighted by Crippen LogP contribution is -2.47. The van der Waals surface area contributed by atoms with Gasteiger partial charge in [0.25, 0.3) is 0 Å². The largest absolute Gasteiger partial charge is 0.497 e. The van der Waals surface area contributed by atoms with Crippen LogP contribution >= 0.6 is 11.3 Å². The Bertz CT molecular complexity index is 1430. The summed E-state index contributed by atoms with van der Waals surface area (Å²) < 4.78 is 34.5. The summed E-state index contributed by atoms with van der Waals surface area (Å²) in [5.74, 6) is -0.0176. The number of hydrogen-bond acceptors (Lipinski definition) is 7. The molecule has 0 radical (unpaired) electrons. The SMILES string of the molecule is CC[C@H](C)[C@@H](NS(=O)(=O)c1cccc2ccccc12)C(=O)Nc1nnc(-c2ccc(OC)cc2)s1. The molecule has 1 amide bonds. The molecule has 0 aliphatic rings. The molecule has 35 heavy (non-hydrogen) atoms. The van der Waals surface area contributed by atoms with Gasteiger partial charge in [-0.1, -0.05) is 68.0 Å². The molecule has 0 spiro atoms. The average molecular weight is 511 g/mol. The van der Waals surface area contributed by atoms with Crippen molar-refractivity contribution in [2.24, 2.45) is 5.92 Å². The predicted molar refractivity (Wildman–Crippen MR) is 138 cm³/mol. The molecule has 4 rings (SSSR count). The number of rotatable bonds is 9. The topological polar surface area (TPSA) is 110 Å². The Labute approximate surface area is 208 Å². The van der Waals surface area contributed by atoms with E-state index in [1.54, 1.807) is 31.4 Å². The van der Waals surface area contributed by atoms with Crippen molar-refractivity contribution in [3.63, 3.8) is 0 Å². The fraction of sp³-hybridized carbons (Fsp3) is 0.240. The third kappa shape index (κ3) is 5.50. The second-order valence-corrected chi connectivity index (χ2v) is 10.8. The smallest absolute Gasteiger partial charge is 0.244 e. The van der Waals surface area contributed by atoms with Crippen molar-refractivity contribution in [3.8, 4) is 16.3 Å². The van der Waals surface area contributed by atoms with Gasteiger partial charge in [-0.05, 0) is 41.6 Å². The second-order valence-electron chi connectivity index (χ2n) is 8.09. The molecule has 1 heterocycles. The summed E-state index contributed by atoms with van der Waals surface area (Å²) >= 11 is 1.21. The maximum atomic E-state index is 13.3. The Morgan fingerprint density at radius 2 is 1.74 bits per heavy atom. The van der Waals surface area contributed by atoms with E-state index in [9.17, 15) is 13.2 Å². The Hall–Kier alpha value is -3.34. The summed E-state index contributed by atoms with van der Waals surface area (Å²) in [4.78, 5) is 13.3. The van der Waals surface area contributed by atoms with Crippen LogP contribution in [0.3, 0.4) is 0 Å². The molecule has 0 aliphatic carbocycles. The third-order valence-electron chi connectivity index (χ3n) is 5.81. The van der Waals surface area contributed by atoms with E-state index in [-0.39, 0.29) is 10.8 Å². The van der Waals surface area contributed by atoms with Gasteiger partial charge in [-0.2, -0.15) is 4.72 Å². The van der Waals surface area contributed by atoms with Crippen LogP contribution in [0, 0.1) is 5.92 Å². The summed E-state index contributed by atoms with van der Waals surface area (Å²) in [6, 6.07) is 18.7. The molecule has 8 nitrogen and oxygen atoms in total. The van der Waals surface area contributed by atoms with Crippen molar-refractivity contribution in [1.29, 1.82) is 0 Å². The second kappa shape index (κ2) is 10.5. The lowest BCUT2D eigenvalue weighted by Gasteiger charge is -2.23. The van der Waals surface area contributed by atoms with Crippen molar-refractivity contribution in [2.75, 3.05) is 12.4 Å². The van der Waals surface area contributed by atoms with E-state index in [0.29, 0.717) is 21.9 Å². The van der Waals surface area contributed by atoms with E-state index in [2.05, 4.69) is 20.2 Å². The number of methoxy groups -OCH3 is 1. The molecule has 2 atom stereocenters. The first-order chi connectivity index (χ1) is 16.8. The lowest BCUT2D eigenvalue weighted by molar-refractivity contribution is -0.118. The van der Waals surface area contributed by atoms with Gasteiger partial charge in [0.1, 0.15) is 16.8 Å². The Balaban J connectivity index is 1.56. The number of anilines is 1. The van der Waals surface area contributed by atoms with Crippen molar-refractivity contribution < 1.29 is 17.9 Å². The van der Waals surface area contributed by atoms with Crippen LogP contribution in [0.2, 0.25) is 0 Å². The molecule has 0 aliphatic heterocycles. The van der Waals surface area contributed by atoms with Gasteiger partial charge in [0.2, 0.25) is 21.1 Å². The van der Waals surface area contributed by atoms with E-state index >= 15 is 0 Å². The summed E-state index contributed by atoms with van der Waals surface area (Å²) in [7, 11) is -2.39. The molecule has 0 saturated heterocycles.